The van der Waals surface area contributed by atoms with Crippen molar-refractivity contribution >= 4 is 64.1 Å². The molecule has 0 radical (unpaired) electrons. The minimum absolute atomic E-state index is 0. The lowest BCUT2D eigenvalue weighted by molar-refractivity contribution is -0.112. The minimum Gasteiger partial charge on any atom is -0.323 e. The maximum Gasteiger partial charge on any atom is 0.264 e. The van der Waals surface area contributed by atoms with E-state index in [9.17, 15) is 4.79 Å². The Kier molecular flexibility index (Phi) is 6.48. The van der Waals surface area contributed by atoms with Gasteiger partial charge < -0.3 is 10.2 Å². The molecule has 4 nitrogen and oxygen atoms in total. The molecule has 0 bridgehead atoms. The largest absolute Gasteiger partial charge is 0.323 e. The van der Waals surface area contributed by atoms with Crippen molar-refractivity contribution in [1.82, 2.24) is 4.90 Å². The van der Waals surface area contributed by atoms with Gasteiger partial charge in [-0.1, -0.05) is 37.0 Å². The van der Waals surface area contributed by atoms with Crippen molar-refractivity contribution in [1.29, 1.82) is 0 Å². The first-order valence-electron chi connectivity index (χ1n) is 7.47. The normalized spacial score (nSPS) is 16.7. The predicted octanol–water partition coefficient (Wildman–Crippen LogP) is 5.03. The van der Waals surface area contributed by atoms with E-state index in [1.165, 1.54) is 11.8 Å². The SMILES string of the molecule is CC(C)C1=C(C(=O)Nc2cc(Cl)cc(Cl)c2)SC2=NCCCN21.Cl. The Morgan fingerprint density at radius 2 is 1.96 bits per heavy atom. The highest BCUT2D eigenvalue weighted by atomic mass is 35.5. The molecule has 2 aliphatic heterocycles. The van der Waals surface area contributed by atoms with Gasteiger partial charge in [0.15, 0.2) is 5.17 Å². The second-order valence-corrected chi connectivity index (χ2v) is 7.60. The van der Waals surface area contributed by atoms with E-state index in [-0.39, 0.29) is 24.2 Å². The molecular formula is C16H18Cl3N3OS. The van der Waals surface area contributed by atoms with Crippen LogP contribution in [0.25, 0.3) is 0 Å². The third-order valence-electron chi connectivity index (χ3n) is 3.61. The van der Waals surface area contributed by atoms with Crippen LogP contribution in [0.15, 0.2) is 33.8 Å². The second-order valence-electron chi connectivity index (χ2n) is 5.75. The van der Waals surface area contributed by atoms with Gasteiger partial charge in [0.25, 0.3) is 5.91 Å². The summed E-state index contributed by atoms with van der Waals surface area (Å²) in [6.45, 7) is 5.93. The highest BCUT2D eigenvalue weighted by molar-refractivity contribution is 8.18. The molecule has 0 fully saturated rings. The van der Waals surface area contributed by atoms with Crippen LogP contribution in [0.2, 0.25) is 10.0 Å². The molecule has 2 heterocycles. The molecular weight excluding hydrogens is 389 g/mol. The van der Waals surface area contributed by atoms with Gasteiger partial charge in [-0.2, -0.15) is 0 Å². The summed E-state index contributed by atoms with van der Waals surface area (Å²) in [5, 5.41) is 4.80. The molecule has 1 N–H and O–H groups in total. The van der Waals surface area contributed by atoms with Crippen LogP contribution < -0.4 is 5.32 Å². The van der Waals surface area contributed by atoms with Gasteiger partial charge in [0.1, 0.15) is 4.91 Å². The van der Waals surface area contributed by atoms with Crippen LogP contribution in [-0.2, 0) is 4.79 Å². The molecule has 130 valence electrons. The van der Waals surface area contributed by atoms with Crippen LogP contribution in [0.1, 0.15) is 20.3 Å². The minimum atomic E-state index is -0.144. The average Bonchev–Trinajstić information content (AvgIpc) is 2.85. The van der Waals surface area contributed by atoms with E-state index in [1.54, 1.807) is 18.2 Å². The van der Waals surface area contributed by atoms with E-state index >= 15 is 0 Å². The fraction of sp³-hybridized carbons (Fsp3) is 0.375. The summed E-state index contributed by atoms with van der Waals surface area (Å²) in [5.41, 5.74) is 1.63. The monoisotopic (exact) mass is 405 g/mol. The molecule has 2 aliphatic rings. The van der Waals surface area contributed by atoms with Crippen molar-refractivity contribution in [3.8, 4) is 0 Å². The first-order valence-corrected chi connectivity index (χ1v) is 9.04. The molecule has 0 unspecified atom stereocenters. The quantitative estimate of drug-likeness (QED) is 0.765. The van der Waals surface area contributed by atoms with E-state index in [1.807, 2.05) is 0 Å². The summed E-state index contributed by atoms with van der Waals surface area (Å²) >= 11 is 13.4. The molecule has 1 aromatic carbocycles. The van der Waals surface area contributed by atoms with Crippen LogP contribution in [-0.4, -0.2) is 29.1 Å². The third kappa shape index (κ3) is 4.02. The molecule has 1 aromatic rings. The zero-order valence-electron chi connectivity index (χ0n) is 13.3. The molecule has 8 heteroatoms. The van der Waals surface area contributed by atoms with Gasteiger partial charge in [0.2, 0.25) is 0 Å². The number of allylic oxidation sites excluding steroid dienone is 1. The summed E-state index contributed by atoms with van der Waals surface area (Å²) in [6, 6.07) is 5.01. The number of carbonyl (C=O) groups excluding carboxylic acids is 1. The number of rotatable bonds is 3. The van der Waals surface area contributed by atoms with Gasteiger partial charge in [-0.15, -0.1) is 12.4 Å². The molecule has 0 aromatic heterocycles. The maximum absolute atomic E-state index is 12.7. The third-order valence-corrected chi connectivity index (χ3v) is 5.18. The Bertz CT molecular complexity index is 698. The first kappa shape index (κ1) is 19.4. The Morgan fingerprint density at radius 3 is 2.58 bits per heavy atom. The number of fused-ring (bicyclic) bond motifs is 1. The highest BCUT2D eigenvalue weighted by Gasteiger charge is 2.35. The predicted molar refractivity (Wildman–Crippen MR) is 105 cm³/mol. The highest BCUT2D eigenvalue weighted by Crippen LogP contribution is 2.40. The van der Waals surface area contributed by atoms with E-state index < -0.39 is 0 Å². The number of halogens is 3. The lowest BCUT2D eigenvalue weighted by Crippen LogP contribution is -2.31. The van der Waals surface area contributed by atoms with Gasteiger partial charge in [-0.3, -0.25) is 9.79 Å². The molecule has 24 heavy (non-hydrogen) atoms. The van der Waals surface area contributed by atoms with Crippen molar-refractivity contribution in [2.24, 2.45) is 10.9 Å². The van der Waals surface area contributed by atoms with Gasteiger partial charge in [0.05, 0.1) is 0 Å². The number of aliphatic imine (C=N–C) groups is 1. The second kappa shape index (κ2) is 8.00. The fourth-order valence-electron chi connectivity index (χ4n) is 2.71. The summed E-state index contributed by atoms with van der Waals surface area (Å²) in [7, 11) is 0. The Morgan fingerprint density at radius 1 is 1.29 bits per heavy atom. The Labute approximate surface area is 162 Å². The van der Waals surface area contributed by atoms with E-state index in [4.69, 9.17) is 23.2 Å². The van der Waals surface area contributed by atoms with E-state index in [0.717, 1.165) is 30.4 Å². The number of amidine groups is 1. The van der Waals surface area contributed by atoms with Crippen molar-refractivity contribution < 1.29 is 4.79 Å². The standard InChI is InChI=1S/C16H17Cl2N3OS.ClH/c1-9(2)13-14(23-16-19-4-3-5-21(13)16)15(22)20-12-7-10(17)6-11(18)8-12;/h6-9H,3-5H2,1-2H3,(H,20,22);1H. The number of anilines is 1. The van der Waals surface area contributed by atoms with Crippen LogP contribution in [0, 0.1) is 5.92 Å². The molecule has 0 saturated heterocycles. The van der Waals surface area contributed by atoms with E-state index in [2.05, 4.69) is 29.1 Å². The van der Waals surface area contributed by atoms with Crippen LogP contribution in [0.3, 0.4) is 0 Å². The summed E-state index contributed by atoms with van der Waals surface area (Å²) in [5.74, 6) is 0.103. The van der Waals surface area contributed by atoms with Gasteiger partial charge in [0, 0.05) is 34.5 Å². The van der Waals surface area contributed by atoms with Crippen LogP contribution in [0.5, 0.6) is 0 Å². The lowest BCUT2D eigenvalue weighted by atomic mass is 10.1. The summed E-state index contributed by atoms with van der Waals surface area (Å²) in [4.78, 5) is 20.1. The number of nitrogens with zero attached hydrogens (tertiary/aromatic N) is 2. The smallest absolute Gasteiger partial charge is 0.264 e. The van der Waals surface area contributed by atoms with Gasteiger partial charge in [-0.25, -0.2) is 0 Å². The average molecular weight is 407 g/mol. The van der Waals surface area contributed by atoms with Crippen molar-refractivity contribution in [2.45, 2.75) is 20.3 Å². The van der Waals surface area contributed by atoms with Crippen molar-refractivity contribution in [2.75, 3.05) is 18.4 Å². The number of amides is 1. The van der Waals surface area contributed by atoms with Crippen molar-refractivity contribution in [3.05, 3.63) is 38.8 Å². The number of carbonyl (C=O) groups is 1. The molecule has 0 saturated carbocycles. The molecule has 3 rings (SSSR count). The zero-order chi connectivity index (χ0) is 16.6. The topological polar surface area (TPSA) is 44.7 Å². The maximum atomic E-state index is 12.7. The Hall–Kier alpha value is -0.880. The fourth-order valence-corrected chi connectivity index (χ4v) is 4.47. The van der Waals surface area contributed by atoms with Crippen molar-refractivity contribution in [3.63, 3.8) is 0 Å². The molecule has 1 amide bonds. The molecule has 0 aliphatic carbocycles. The molecule has 0 spiro atoms. The van der Waals surface area contributed by atoms with E-state index in [0.29, 0.717) is 20.6 Å². The first-order chi connectivity index (χ1) is 11.0. The molecule has 0 atom stereocenters. The number of hydrogen-bond donors (Lipinski definition) is 1. The zero-order valence-corrected chi connectivity index (χ0v) is 16.5. The van der Waals surface area contributed by atoms with Crippen LogP contribution in [0.4, 0.5) is 5.69 Å². The number of hydrogen-bond acceptors (Lipinski definition) is 4. The number of benzene rings is 1. The summed E-state index contributed by atoms with van der Waals surface area (Å²) < 4.78 is 0. The van der Waals surface area contributed by atoms with Gasteiger partial charge in [-0.05, 0) is 42.3 Å². The van der Waals surface area contributed by atoms with Crippen LogP contribution >= 0.6 is 47.4 Å². The lowest BCUT2D eigenvalue weighted by Gasteiger charge is -2.27. The summed E-state index contributed by atoms with van der Waals surface area (Å²) in [6.07, 6.45) is 1.01. The number of nitrogens with one attached hydrogen (secondary N) is 1. The van der Waals surface area contributed by atoms with Gasteiger partial charge >= 0.3 is 0 Å². The Balaban J connectivity index is 0.00000208. The number of thioether (sulfide) groups is 1.